The van der Waals surface area contributed by atoms with E-state index in [1.54, 1.807) is 6.07 Å². The normalized spacial score (nSPS) is 11.8. The highest BCUT2D eigenvalue weighted by Gasteiger charge is 2.15. The molecular formula is C13H23NO7S. The molecule has 0 spiro atoms. The molecule has 0 aliphatic heterocycles. The zero-order valence-corrected chi connectivity index (χ0v) is 13.6. The largest absolute Gasteiger partial charge is 0.508 e. The molecule has 0 bridgehead atoms. The minimum atomic E-state index is -4.67. The molecule has 0 heterocycles. The van der Waals surface area contributed by atoms with Gasteiger partial charge in [0.15, 0.2) is 0 Å². The molecule has 1 aromatic rings. The predicted octanol–water partition coefficient (Wildman–Crippen LogP) is 0.612. The van der Waals surface area contributed by atoms with Gasteiger partial charge in [0.2, 0.25) is 0 Å². The fraction of sp³-hybridized carbons (Fsp3) is 0.538. The number of hydrogen-bond acceptors (Lipinski definition) is 6. The Bertz CT molecular complexity index is 571. The summed E-state index contributed by atoms with van der Waals surface area (Å²) in [5.41, 5.74) is 1.91. The highest BCUT2D eigenvalue weighted by atomic mass is 32.3. The molecule has 0 aromatic heterocycles. The number of aliphatic hydroxyl groups is 2. The fourth-order valence-corrected chi connectivity index (χ4v) is 1.63. The molecule has 0 amide bonds. The van der Waals surface area contributed by atoms with Crippen LogP contribution in [0.5, 0.6) is 5.75 Å². The van der Waals surface area contributed by atoms with Crippen LogP contribution in [-0.2, 0) is 30.2 Å². The van der Waals surface area contributed by atoms with Gasteiger partial charge in [0.1, 0.15) is 5.75 Å². The van der Waals surface area contributed by atoms with Gasteiger partial charge in [-0.3, -0.25) is 9.11 Å². The molecule has 0 radical (unpaired) electrons. The van der Waals surface area contributed by atoms with Crippen LogP contribution >= 0.6 is 0 Å². The number of nitrogens with one attached hydrogen (secondary N) is 1. The lowest BCUT2D eigenvalue weighted by molar-refractivity contribution is 0.266. The second-order valence-electron chi connectivity index (χ2n) is 5.57. The minimum Gasteiger partial charge on any atom is -0.508 e. The van der Waals surface area contributed by atoms with Crippen molar-refractivity contribution in [1.29, 1.82) is 0 Å². The second-order valence-corrected chi connectivity index (χ2v) is 6.46. The van der Waals surface area contributed by atoms with Crippen molar-refractivity contribution in [2.24, 2.45) is 0 Å². The number of aromatic hydroxyl groups is 1. The van der Waals surface area contributed by atoms with Gasteiger partial charge in [-0.1, -0.05) is 6.07 Å². The quantitative estimate of drug-likeness (QED) is 0.438. The van der Waals surface area contributed by atoms with E-state index in [4.69, 9.17) is 17.5 Å². The fourth-order valence-electron chi connectivity index (χ4n) is 1.63. The van der Waals surface area contributed by atoms with Gasteiger partial charge in [-0.2, -0.15) is 8.42 Å². The summed E-state index contributed by atoms with van der Waals surface area (Å²) in [6, 6.07) is 3.17. The lowest BCUT2D eigenvalue weighted by Gasteiger charge is -2.23. The Morgan fingerprint density at radius 2 is 1.55 bits per heavy atom. The summed E-state index contributed by atoms with van der Waals surface area (Å²) in [6.07, 6.45) is 0. The Kier molecular flexibility index (Phi) is 7.94. The molecule has 0 aliphatic carbocycles. The van der Waals surface area contributed by atoms with Crippen molar-refractivity contribution >= 4 is 10.4 Å². The summed E-state index contributed by atoms with van der Waals surface area (Å²) in [5.74, 6) is 0.0652. The van der Waals surface area contributed by atoms with Crippen molar-refractivity contribution in [2.45, 2.75) is 46.1 Å². The van der Waals surface area contributed by atoms with Crippen LogP contribution in [0.3, 0.4) is 0 Å². The first-order valence-electron chi connectivity index (χ1n) is 6.38. The summed E-state index contributed by atoms with van der Waals surface area (Å²) < 4.78 is 31.6. The molecule has 1 rings (SSSR count). The van der Waals surface area contributed by atoms with Gasteiger partial charge in [-0.15, -0.1) is 0 Å². The number of benzene rings is 1. The van der Waals surface area contributed by atoms with Gasteiger partial charge in [-0.05, 0) is 38.0 Å². The summed E-state index contributed by atoms with van der Waals surface area (Å²) in [5, 5.41) is 31.5. The molecule has 9 heteroatoms. The monoisotopic (exact) mass is 337 g/mol. The van der Waals surface area contributed by atoms with E-state index < -0.39 is 10.4 Å². The Hall–Kier alpha value is -1.23. The maximum absolute atomic E-state index is 9.67. The smallest absolute Gasteiger partial charge is 0.394 e. The Labute approximate surface area is 130 Å². The van der Waals surface area contributed by atoms with E-state index in [-0.39, 0.29) is 24.5 Å². The van der Waals surface area contributed by atoms with Crippen LogP contribution in [0.1, 0.15) is 37.5 Å². The highest BCUT2D eigenvalue weighted by molar-refractivity contribution is 7.79. The molecular weight excluding hydrogens is 314 g/mol. The number of phenols is 1. The predicted molar refractivity (Wildman–Crippen MR) is 80.7 cm³/mol. The molecule has 0 saturated heterocycles. The van der Waals surface area contributed by atoms with Gasteiger partial charge in [0, 0.05) is 17.6 Å². The molecule has 6 N–H and O–H groups in total. The van der Waals surface area contributed by atoms with Gasteiger partial charge in [0.05, 0.1) is 13.2 Å². The van der Waals surface area contributed by atoms with Crippen LogP contribution in [0, 0.1) is 0 Å². The highest BCUT2D eigenvalue weighted by Crippen LogP contribution is 2.25. The Morgan fingerprint density at radius 3 is 1.91 bits per heavy atom. The molecule has 0 saturated carbocycles. The van der Waals surface area contributed by atoms with E-state index in [1.807, 2.05) is 20.8 Å². The zero-order chi connectivity index (χ0) is 17.6. The maximum atomic E-state index is 9.67. The van der Waals surface area contributed by atoms with E-state index in [1.165, 1.54) is 6.07 Å². The topological polar surface area (TPSA) is 147 Å². The van der Waals surface area contributed by atoms with Crippen LogP contribution in [0.15, 0.2) is 12.1 Å². The first-order valence-corrected chi connectivity index (χ1v) is 7.78. The van der Waals surface area contributed by atoms with Gasteiger partial charge >= 0.3 is 10.4 Å². The molecule has 1 aromatic carbocycles. The minimum absolute atomic E-state index is 0.0646. The maximum Gasteiger partial charge on any atom is 0.394 e. The third-order valence-electron chi connectivity index (χ3n) is 2.63. The van der Waals surface area contributed by atoms with Crippen LogP contribution in [-0.4, -0.2) is 38.4 Å². The van der Waals surface area contributed by atoms with E-state index in [2.05, 4.69) is 5.32 Å². The van der Waals surface area contributed by atoms with Crippen molar-refractivity contribution in [3.05, 3.63) is 28.8 Å². The average molecular weight is 337 g/mol. The van der Waals surface area contributed by atoms with E-state index in [0.29, 0.717) is 12.1 Å². The third-order valence-corrected chi connectivity index (χ3v) is 2.63. The van der Waals surface area contributed by atoms with Crippen molar-refractivity contribution in [3.63, 3.8) is 0 Å². The Balaban J connectivity index is 0.000000763. The average Bonchev–Trinajstić information content (AvgIpc) is 2.33. The van der Waals surface area contributed by atoms with Crippen molar-refractivity contribution in [2.75, 3.05) is 0 Å². The number of aliphatic hydroxyl groups excluding tert-OH is 2. The molecule has 22 heavy (non-hydrogen) atoms. The molecule has 128 valence electrons. The molecule has 0 unspecified atom stereocenters. The van der Waals surface area contributed by atoms with Crippen LogP contribution in [0.2, 0.25) is 0 Å². The zero-order valence-electron chi connectivity index (χ0n) is 12.7. The van der Waals surface area contributed by atoms with Crippen LogP contribution in [0.4, 0.5) is 0 Å². The summed E-state index contributed by atoms with van der Waals surface area (Å²) in [7, 11) is -4.67. The summed E-state index contributed by atoms with van der Waals surface area (Å²) in [4.78, 5) is 0. The van der Waals surface area contributed by atoms with Crippen molar-refractivity contribution in [1.82, 2.24) is 5.32 Å². The standard InChI is InChI=1S/C13H21NO3.H2O4S/c1-13(2,3)14-6-10-9(7-15)4-5-12(17)11(10)8-16;1-5(2,3)4/h4-5,14-17H,6-8H2,1-3H3;(H2,1,2,3,4). The van der Waals surface area contributed by atoms with Crippen molar-refractivity contribution < 1.29 is 32.8 Å². The second kappa shape index (κ2) is 8.42. The van der Waals surface area contributed by atoms with Crippen LogP contribution < -0.4 is 5.32 Å². The van der Waals surface area contributed by atoms with Gasteiger partial charge in [0.25, 0.3) is 0 Å². The third kappa shape index (κ3) is 8.93. The van der Waals surface area contributed by atoms with E-state index >= 15 is 0 Å². The summed E-state index contributed by atoms with van der Waals surface area (Å²) >= 11 is 0. The molecule has 8 nitrogen and oxygen atoms in total. The van der Waals surface area contributed by atoms with Gasteiger partial charge < -0.3 is 20.6 Å². The number of rotatable bonds is 4. The van der Waals surface area contributed by atoms with Crippen molar-refractivity contribution in [3.8, 4) is 5.75 Å². The first kappa shape index (κ1) is 20.8. The first-order chi connectivity index (χ1) is 9.89. The number of hydrogen-bond donors (Lipinski definition) is 6. The SMILES string of the molecule is CC(C)(C)NCc1c(CO)ccc(O)c1CO.O=S(=O)(O)O. The summed E-state index contributed by atoms with van der Waals surface area (Å²) in [6.45, 7) is 6.27. The van der Waals surface area contributed by atoms with E-state index in [0.717, 1.165) is 11.1 Å². The lowest BCUT2D eigenvalue weighted by atomic mass is 9.99. The van der Waals surface area contributed by atoms with E-state index in [9.17, 15) is 15.3 Å². The Morgan fingerprint density at radius 1 is 1.05 bits per heavy atom. The van der Waals surface area contributed by atoms with Gasteiger partial charge in [-0.25, -0.2) is 0 Å². The van der Waals surface area contributed by atoms with Crippen LogP contribution in [0.25, 0.3) is 0 Å². The lowest BCUT2D eigenvalue weighted by Crippen LogP contribution is -2.35. The molecule has 0 atom stereocenters. The molecule has 0 aliphatic rings. The molecule has 0 fully saturated rings.